The first kappa shape index (κ1) is 12.5. The lowest BCUT2D eigenvalue weighted by Gasteiger charge is -2.24. The highest BCUT2D eigenvalue weighted by molar-refractivity contribution is 5.47. The molecule has 1 N–H and O–H groups in total. The molecule has 3 nitrogen and oxygen atoms in total. The first-order valence-electron chi connectivity index (χ1n) is 5.56. The zero-order valence-electron chi connectivity index (χ0n) is 10.2. The van der Waals surface area contributed by atoms with E-state index in [-0.39, 0.29) is 5.41 Å². The van der Waals surface area contributed by atoms with Crippen molar-refractivity contribution >= 4 is 5.69 Å². The van der Waals surface area contributed by atoms with Gasteiger partial charge in [0.1, 0.15) is 0 Å². The molecule has 3 heteroatoms. The molecule has 0 aromatic carbocycles. The first-order valence-corrected chi connectivity index (χ1v) is 5.56. The Labute approximate surface area is 97.5 Å². The van der Waals surface area contributed by atoms with E-state index in [1.807, 2.05) is 12.3 Å². The molecule has 0 atom stereocenters. The Kier molecular flexibility index (Phi) is 4.30. The van der Waals surface area contributed by atoms with Gasteiger partial charge in [0.05, 0.1) is 18.0 Å². The number of aromatic nitrogens is 1. The van der Waals surface area contributed by atoms with Gasteiger partial charge < -0.3 is 5.32 Å². The standard InChI is InChI=1S/C13H19N3/c1-11-5-8-15-9-12(11)16-10-13(2,3)6-4-7-14/h5,8-9,16H,4,6,10H2,1-3H3. The monoisotopic (exact) mass is 217 g/mol. The summed E-state index contributed by atoms with van der Waals surface area (Å²) in [6.07, 6.45) is 5.16. The predicted molar refractivity (Wildman–Crippen MR) is 66.1 cm³/mol. The fourth-order valence-electron chi connectivity index (χ4n) is 1.47. The van der Waals surface area contributed by atoms with Gasteiger partial charge in [-0.1, -0.05) is 13.8 Å². The largest absolute Gasteiger partial charge is 0.383 e. The smallest absolute Gasteiger partial charge is 0.0621 e. The van der Waals surface area contributed by atoms with E-state index in [0.717, 1.165) is 18.7 Å². The summed E-state index contributed by atoms with van der Waals surface area (Å²) in [6.45, 7) is 7.26. The van der Waals surface area contributed by atoms with Crippen LogP contribution in [-0.2, 0) is 0 Å². The molecule has 0 aliphatic rings. The number of pyridine rings is 1. The maximum atomic E-state index is 8.58. The normalized spacial score (nSPS) is 10.9. The molecule has 0 saturated heterocycles. The summed E-state index contributed by atoms with van der Waals surface area (Å²) in [7, 11) is 0. The Bertz CT molecular complexity index is 377. The van der Waals surface area contributed by atoms with Crippen molar-refractivity contribution < 1.29 is 0 Å². The Balaban J connectivity index is 2.51. The minimum absolute atomic E-state index is 0.137. The molecule has 16 heavy (non-hydrogen) atoms. The molecule has 0 aliphatic carbocycles. The second kappa shape index (κ2) is 5.50. The second-order valence-corrected chi connectivity index (χ2v) is 4.87. The average Bonchev–Trinajstić information content (AvgIpc) is 2.26. The van der Waals surface area contributed by atoms with E-state index < -0.39 is 0 Å². The van der Waals surface area contributed by atoms with Crippen LogP contribution in [0.5, 0.6) is 0 Å². The number of hydrogen-bond acceptors (Lipinski definition) is 3. The zero-order chi connectivity index (χ0) is 12.0. The van der Waals surface area contributed by atoms with Gasteiger partial charge in [0.2, 0.25) is 0 Å². The number of nitrogens with zero attached hydrogens (tertiary/aromatic N) is 2. The van der Waals surface area contributed by atoms with E-state index in [0.29, 0.717) is 6.42 Å². The van der Waals surface area contributed by atoms with E-state index in [9.17, 15) is 0 Å². The number of aryl methyl sites for hydroxylation is 1. The van der Waals surface area contributed by atoms with E-state index in [1.54, 1.807) is 6.20 Å². The van der Waals surface area contributed by atoms with Crippen LogP contribution < -0.4 is 5.32 Å². The quantitative estimate of drug-likeness (QED) is 0.824. The molecule has 1 rings (SSSR count). The average molecular weight is 217 g/mol. The van der Waals surface area contributed by atoms with Crippen molar-refractivity contribution in [2.24, 2.45) is 5.41 Å². The minimum Gasteiger partial charge on any atom is -0.383 e. The molecule has 0 radical (unpaired) electrons. The van der Waals surface area contributed by atoms with Gasteiger partial charge in [0.15, 0.2) is 0 Å². The fraction of sp³-hybridized carbons (Fsp3) is 0.538. The van der Waals surface area contributed by atoms with Gasteiger partial charge in [0.25, 0.3) is 0 Å². The van der Waals surface area contributed by atoms with Crippen molar-refractivity contribution in [3.8, 4) is 6.07 Å². The van der Waals surface area contributed by atoms with Gasteiger partial charge in [0, 0.05) is 19.2 Å². The molecule has 0 bridgehead atoms. The molecule has 0 amide bonds. The van der Waals surface area contributed by atoms with Gasteiger partial charge in [-0.25, -0.2) is 0 Å². The number of anilines is 1. The summed E-state index contributed by atoms with van der Waals surface area (Å²) < 4.78 is 0. The summed E-state index contributed by atoms with van der Waals surface area (Å²) in [5.41, 5.74) is 2.41. The third kappa shape index (κ3) is 3.90. The van der Waals surface area contributed by atoms with Crippen LogP contribution in [0.4, 0.5) is 5.69 Å². The first-order chi connectivity index (χ1) is 7.55. The lowest BCUT2D eigenvalue weighted by atomic mass is 9.88. The molecule has 0 aliphatic heterocycles. The van der Waals surface area contributed by atoms with Crippen molar-refractivity contribution in [1.82, 2.24) is 4.98 Å². The summed E-state index contributed by atoms with van der Waals surface area (Å²) in [5, 5.41) is 12.0. The fourth-order valence-corrected chi connectivity index (χ4v) is 1.47. The molecule has 0 saturated carbocycles. The topological polar surface area (TPSA) is 48.7 Å². The molecule has 0 spiro atoms. The van der Waals surface area contributed by atoms with Crippen molar-refractivity contribution in [3.05, 3.63) is 24.0 Å². The van der Waals surface area contributed by atoms with E-state index in [2.05, 4.69) is 37.1 Å². The highest BCUT2D eigenvalue weighted by atomic mass is 14.9. The van der Waals surface area contributed by atoms with Gasteiger partial charge >= 0.3 is 0 Å². The van der Waals surface area contributed by atoms with Crippen molar-refractivity contribution in [3.63, 3.8) is 0 Å². The summed E-state index contributed by atoms with van der Waals surface area (Å²) >= 11 is 0. The number of hydrogen-bond donors (Lipinski definition) is 1. The maximum absolute atomic E-state index is 8.58. The second-order valence-electron chi connectivity index (χ2n) is 4.87. The van der Waals surface area contributed by atoms with Crippen LogP contribution in [0.3, 0.4) is 0 Å². The minimum atomic E-state index is 0.137. The maximum Gasteiger partial charge on any atom is 0.0621 e. The van der Waals surface area contributed by atoms with Crippen LogP contribution >= 0.6 is 0 Å². The molecular weight excluding hydrogens is 198 g/mol. The summed E-state index contributed by atoms with van der Waals surface area (Å²) in [5.74, 6) is 0. The lowest BCUT2D eigenvalue weighted by Crippen LogP contribution is -2.23. The van der Waals surface area contributed by atoms with Gasteiger partial charge in [-0.2, -0.15) is 5.26 Å². The van der Waals surface area contributed by atoms with E-state index >= 15 is 0 Å². The Hall–Kier alpha value is -1.56. The molecule has 0 unspecified atom stereocenters. The Morgan fingerprint density at radius 3 is 2.88 bits per heavy atom. The van der Waals surface area contributed by atoms with Gasteiger partial charge in [-0.05, 0) is 30.4 Å². The summed E-state index contributed by atoms with van der Waals surface area (Å²) in [4.78, 5) is 4.09. The van der Waals surface area contributed by atoms with Crippen molar-refractivity contribution in [2.45, 2.75) is 33.6 Å². The third-order valence-corrected chi connectivity index (χ3v) is 2.71. The third-order valence-electron chi connectivity index (χ3n) is 2.71. The Morgan fingerprint density at radius 2 is 2.25 bits per heavy atom. The number of nitrogens with one attached hydrogen (secondary N) is 1. The molecule has 0 fully saturated rings. The van der Waals surface area contributed by atoms with Crippen LogP contribution in [0.15, 0.2) is 18.5 Å². The van der Waals surface area contributed by atoms with Crippen molar-refractivity contribution in [1.29, 1.82) is 5.26 Å². The summed E-state index contributed by atoms with van der Waals surface area (Å²) in [6, 6.07) is 4.18. The predicted octanol–water partition coefficient (Wildman–Crippen LogP) is 3.13. The van der Waals surface area contributed by atoms with Crippen LogP contribution in [0.2, 0.25) is 0 Å². The van der Waals surface area contributed by atoms with Crippen LogP contribution in [0.1, 0.15) is 32.3 Å². The Morgan fingerprint density at radius 1 is 1.50 bits per heavy atom. The number of rotatable bonds is 5. The van der Waals surface area contributed by atoms with Crippen LogP contribution in [-0.4, -0.2) is 11.5 Å². The van der Waals surface area contributed by atoms with Gasteiger partial charge in [-0.15, -0.1) is 0 Å². The highest BCUT2D eigenvalue weighted by Crippen LogP contribution is 2.23. The molecule has 86 valence electrons. The zero-order valence-corrected chi connectivity index (χ0v) is 10.2. The molecular formula is C13H19N3. The molecule has 1 aromatic rings. The highest BCUT2D eigenvalue weighted by Gasteiger charge is 2.17. The molecule has 1 heterocycles. The van der Waals surface area contributed by atoms with Crippen molar-refractivity contribution in [2.75, 3.05) is 11.9 Å². The van der Waals surface area contributed by atoms with E-state index in [4.69, 9.17) is 5.26 Å². The lowest BCUT2D eigenvalue weighted by molar-refractivity contribution is 0.363. The van der Waals surface area contributed by atoms with E-state index in [1.165, 1.54) is 5.56 Å². The number of nitriles is 1. The van der Waals surface area contributed by atoms with Crippen LogP contribution in [0.25, 0.3) is 0 Å². The van der Waals surface area contributed by atoms with Crippen LogP contribution in [0, 0.1) is 23.7 Å². The van der Waals surface area contributed by atoms with Gasteiger partial charge in [-0.3, -0.25) is 4.98 Å². The molecule has 1 aromatic heterocycles. The SMILES string of the molecule is Cc1ccncc1NCC(C)(C)CCC#N.